The molecule has 2 saturated heterocycles. The molecule has 0 aliphatic carbocycles. The molecule has 4 rings (SSSR count). The first-order valence-electron chi connectivity index (χ1n) is 13.5. The number of carbonyl (C=O) groups excluding carboxylic acids is 3. The van der Waals surface area contributed by atoms with Gasteiger partial charge in [0.1, 0.15) is 6.04 Å². The Morgan fingerprint density at radius 1 is 1.03 bits per heavy atom. The van der Waals surface area contributed by atoms with Gasteiger partial charge in [0.15, 0.2) is 0 Å². The van der Waals surface area contributed by atoms with Crippen LogP contribution >= 0.6 is 22.9 Å². The lowest BCUT2D eigenvalue weighted by atomic mass is 10.1. The van der Waals surface area contributed by atoms with Gasteiger partial charge >= 0.3 is 0 Å². The van der Waals surface area contributed by atoms with Crippen molar-refractivity contribution in [3.05, 3.63) is 45.1 Å². The predicted molar refractivity (Wildman–Crippen MR) is 153 cm³/mol. The summed E-state index contributed by atoms with van der Waals surface area (Å²) in [5, 5.41) is 2.71. The van der Waals surface area contributed by atoms with Crippen LogP contribution in [-0.2, 0) is 26.0 Å². The average molecular weight is 595 g/mol. The quantitative estimate of drug-likeness (QED) is 0.456. The fourth-order valence-corrected chi connectivity index (χ4v) is 7.61. The third kappa shape index (κ3) is 7.19. The van der Waals surface area contributed by atoms with Gasteiger partial charge in [-0.15, -0.1) is 11.3 Å². The second-order valence-corrected chi connectivity index (χ2v) is 13.2. The predicted octanol–water partition coefficient (Wildman–Crippen LogP) is 3.96. The van der Waals surface area contributed by atoms with Crippen molar-refractivity contribution >= 4 is 56.4 Å². The third-order valence-corrected chi connectivity index (χ3v) is 9.93. The van der Waals surface area contributed by atoms with Crippen LogP contribution in [-0.4, -0.2) is 63.3 Å². The van der Waals surface area contributed by atoms with Gasteiger partial charge in [-0.25, -0.2) is 8.42 Å². The molecule has 2 aliphatic rings. The number of sulfonamides is 1. The largest absolute Gasteiger partial charge is 0.349 e. The van der Waals surface area contributed by atoms with Crippen LogP contribution in [0.1, 0.15) is 67.1 Å². The smallest absolute Gasteiger partial charge is 0.261 e. The summed E-state index contributed by atoms with van der Waals surface area (Å²) in [6, 6.07) is 6.89. The summed E-state index contributed by atoms with van der Waals surface area (Å²) >= 11 is 7.06. The highest BCUT2D eigenvalue weighted by molar-refractivity contribution is 7.89. The van der Waals surface area contributed by atoms with E-state index in [0.29, 0.717) is 52.9 Å². The van der Waals surface area contributed by atoms with Crippen molar-refractivity contribution in [2.45, 2.75) is 69.2 Å². The second kappa shape index (κ2) is 13.3. The number of anilines is 1. The van der Waals surface area contributed by atoms with Crippen molar-refractivity contribution in [2.75, 3.05) is 31.1 Å². The summed E-state index contributed by atoms with van der Waals surface area (Å²) in [6.07, 6.45) is 6.20. The first-order chi connectivity index (χ1) is 18.7. The summed E-state index contributed by atoms with van der Waals surface area (Å²) < 4.78 is 30.6. The Hall–Kier alpha value is -2.47. The minimum absolute atomic E-state index is 0.0240. The number of nitrogens with one attached hydrogen (secondary N) is 2. The number of rotatable bonds is 9. The second-order valence-electron chi connectivity index (χ2n) is 9.84. The van der Waals surface area contributed by atoms with E-state index in [9.17, 15) is 22.8 Å². The van der Waals surface area contributed by atoms with Gasteiger partial charge in [-0.2, -0.15) is 4.72 Å². The Bertz CT molecular complexity index is 1300. The molecule has 0 unspecified atom stereocenters. The van der Waals surface area contributed by atoms with E-state index in [1.807, 2.05) is 6.92 Å². The lowest BCUT2D eigenvalue weighted by Gasteiger charge is -2.30. The normalized spacial score (nSPS) is 17.5. The molecule has 9 nitrogen and oxygen atoms in total. The zero-order chi connectivity index (χ0) is 28.0. The molecule has 1 aromatic heterocycles. The van der Waals surface area contributed by atoms with E-state index in [4.69, 9.17) is 11.6 Å². The highest BCUT2D eigenvalue weighted by Crippen LogP contribution is 2.30. The number of carbonyl (C=O) groups is 3. The van der Waals surface area contributed by atoms with E-state index >= 15 is 0 Å². The van der Waals surface area contributed by atoms with Crippen LogP contribution in [0.25, 0.3) is 0 Å². The number of piperidine rings is 1. The molecule has 2 N–H and O–H groups in total. The van der Waals surface area contributed by atoms with Gasteiger partial charge in [0.25, 0.3) is 5.91 Å². The number of hydrogen-bond donors (Lipinski definition) is 2. The minimum atomic E-state index is -4.19. The van der Waals surface area contributed by atoms with Crippen LogP contribution in [0.15, 0.2) is 35.2 Å². The Kier molecular flexibility index (Phi) is 10.0. The molecule has 12 heteroatoms. The van der Waals surface area contributed by atoms with Gasteiger partial charge in [-0.05, 0) is 61.9 Å². The molecular formula is C27H35ClN4O5S2. The third-order valence-electron chi connectivity index (χ3n) is 7.14. The molecule has 0 bridgehead atoms. The molecule has 1 aromatic carbocycles. The van der Waals surface area contributed by atoms with Crippen LogP contribution in [0.3, 0.4) is 0 Å². The van der Waals surface area contributed by atoms with Crippen molar-refractivity contribution in [3.8, 4) is 0 Å². The Balaban J connectivity index is 1.61. The average Bonchev–Trinajstić information content (AvgIpc) is 3.18. The molecule has 3 amide bonds. The van der Waals surface area contributed by atoms with Crippen molar-refractivity contribution in [1.82, 2.24) is 14.9 Å². The number of amides is 3. The zero-order valence-electron chi connectivity index (χ0n) is 22.1. The number of likely N-dealkylation sites (tertiary alicyclic amines) is 1. The van der Waals surface area contributed by atoms with Gasteiger partial charge in [0.2, 0.25) is 21.8 Å². The fourth-order valence-electron chi connectivity index (χ4n) is 5.13. The Morgan fingerprint density at radius 3 is 2.38 bits per heavy atom. The summed E-state index contributed by atoms with van der Waals surface area (Å²) in [5.74, 6) is -0.825. The molecule has 0 spiro atoms. The van der Waals surface area contributed by atoms with E-state index in [-0.39, 0.29) is 23.3 Å². The van der Waals surface area contributed by atoms with Crippen molar-refractivity contribution in [3.63, 3.8) is 0 Å². The summed E-state index contributed by atoms with van der Waals surface area (Å²) in [6.45, 7) is 3.25. The summed E-state index contributed by atoms with van der Waals surface area (Å²) in [4.78, 5) is 42.7. The number of thiophene rings is 1. The van der Waals surface area contributed by atoms with Crippen LogP contribution < -0.4 is 14.9 Å². The van der Waals surface area contributed by atoms with E-state index in [0.717, 1.165) is 49.9 Å². The first-order valence-corrected chi connectivity index (χ1v) is 16.2. The highest BCUT2D eigenvalue weighted by atomic mass is 35.5. The molecule has 212 valence electrons. The maximum absolute atomic E-state index is 13.8. The van der Waals surface area contributed by atoms with Crippen LogP contribution in [0, 0.1) is 0 Å². The number of nitrogens with zero attached hydrogens (tertiary/aromatic N) is 2. The van der Waals surface area contributed by atoms with Gasteiger partial charge in [0.05, 0.1) is 14.1 Å². The van der Waals surface area contributed by atoms with Crippen molar-refractivity contribution < 1.29 is 22.8 Å². The molecule has 3 heterocycles. The number of halogens is 1. The van der Waals surface area contributed by atoms with Crippen molar-refractivity contribution in [2.24, 2.45) is 0 Å². The van der Waals surface area contributed by atoms with Crippen LogP contribution in [0.4, 0.5) is 5.69 Å². The Labute approximate surface area is 238 Å². The number of hydrogen-bond acceptors (Lipinski definition) is 6. The topological polar surface area (TPSA) is 116 Å². The van der Waals surface area contributed by atoms with Gasteiger partial charge < -0.3 is 15.1 Å². The van der Waals surface area contributed by atoms with E-state index < -0.39 is 22.0 Å². The molecule has 2 aromatic rings. The molecule has 2 aliphatic heterocycles. The molecule has 39 heavy (non-hydrogen) atoms. The maximum atomic E-state index is 13.8. The molecule has 2 fully saturated rings. The first kappa shape index (κ1) is 29.5. The van der Waals surface area contributed by atoms with Crippen molar-refractivity contribution in [1.29, 1.82) is 0 Å². The van der Waals surface area contributed by atoms with Gasteiger partial charge in [-0.1, -0.05) is 37.4 Å². The zero-order valence-corrected chi connectivity index (χ0v) is 24.5. The van der Waals surface area contributed by atoms with E-state index in [1.54, 1.807) is 34.1 Å². The molecule has 1 atom stereocenters. The van der Waals surface area contributed by atoms with Gasteiger partial charge in [0, 0.05) is 38.3 Å². The highest BCUT2D eigenvalue weighted by Gasteiger charge is 2.32. The standard InChI is InChI=1S/C27H35ClN4O5S2/c1-2-19-21(32-17-8-5-12-25(32)33)10-9-11-23(19)39(36,37)30-20(27(35)31-15-6-3-4-7-16-31)18-29-26(34)22-13-14-24(28)38-22/h9-11,13-14,20,30H,2-8,12,15-18H2,1H3,(H,29,34)/t20-/m0/s1. The lowest BCUT2D eigenvalue weighted by Crippen LogP contribution is -2.54. The fraction of sp³-hybridized carbons (Fsp3) is 0.519. The summed E-state index contributed by atoms with van der Waals surface area (Å²) in [5.41, 5.74) is 1.11. The van der Waals surface area contributed by atoms with E-state index in [1.165, 1.54) is 6.07 Å². The lowest BCUT2D eigenvalue weighted by molar-refractivity contribution is -0.132. The van der Waals surface area contributed by atoms with Crippen LogP contribution in [0.2, 0.25) is 4.34 Å². The summed E-state index contributed by atoms with van der Waals surface area (Å²) in [7, 11) is -4.19. The minimum Gasteiger partial charge on any atom is -0.349 e. The Morgan fingerprint density at radius 2 is 1.74 bits per heavy atom. The molecular weight excluding hydrogens is 560 g/mol. The SMILES string of the molecule is CCc1c(N2CCCCC2=O)cccc1S(=O)(=O)N[C@@H](CNC(=O)c1ccc(Cl)s1)C(=O)N1CCCCCC1. The number of benzene rings is 1. The monoisotopic (exact) mass is 594 g/mol. The molecule has 0 radical (unpaired) electrons. The maximum Gasteiger partial charge on any atom is 0.261 e. The van der Waals surface area contributed by atoms with E-state index in [2.05, 4.69) is 10.0 Å². The molecule has 0 saturated carbocycles. The van der Waals surface area contributed by atoms with Crippen LogP contribution in [0.5, 0.6) is 0 Å². The van der Waals surface area contributed by atoms with Gasteiger partial charge in [-0.3, -0.25) is 14.4 Å².